The summed E-state index contributed by atoms with van der Waals surface area (Å²) in [7, 11) is -3.69. The molecule has 0 radical (unpaired) electrons. The molecule has 0 heterocycles. The number of carbonyl (C=O) groups is 1. The van der Waals surface area contributed by atoms with E-state index in [0.29, 0.717) is 45.2 Å². The van der Waals surface area contributed by atoms with Crippen LogP contribution in [0.2, 0.25) is 15.1 Å². The van der Waals surface area contributed by atoms with Gasteiger partial charge in [0, 0.05) is 33.1 Å². The number of nitrogens with one attached hydrogen (secondary N) is 1. The van der Waals surface area contributed by atoms with Gasteiger partial charge in [-0.1, -0.05) is 53.9 Å². The number of anilines is 1. The van der Waals surface area contributed by atoms with Crippen molar-refractivity contribution in [3.8, 4) is 0 Å². The van der Waals surface area contributed by atoms with Gasteiger partial charge in [0.25, 0.3) is 0 Å². The van der Waals surface area contributed by atoms with Crippen LogP contribution < -0.4 is 9.62 Å². The molecule has 0 aliphatic rings. The van der Waals surface area contributed by atoms with Crippen LogP contribution in [-0.2, 0) is 20.6 Å². The van der Waals surface area contributed by atoms with Gasteiger partial charge in [-0.2, -0.15) is 11.8 Å². The molecular weight excluding hydrogens is 487 g/mol. The molecule has 0 aliphatic carbocycles. The van der Waals surface area contributed by atoms with Gasteiger partial charge in [0.1, 0.15) is 6.04 Å². The van der Waals surface area contributed by atoms with Crippen molar-refractivity contribution in [2.75, 3.05) is 22.9 Å². The number of sulfonamides is 1. The van der Waals surface area contributed by atoms with Gasteiger partial charge in [0.05, 0.1) is 11.9 Å². The third-order valence-corrected chi connectivity index (χ3v) is 7.22. The first-order chi connectivity index (χ1) is 14.1. The molecular formula is C20H23Cl3N2O3S2. The number of amides is 1. The SMILES string of the molecule is CC[C@@H](C(=O)NCCSCc1ccc(Cl)cc1Cl)N(c1cccc(Cl)c1)S(C)(=O)=O. The molecule has 2 rings (SSSR count). The highest BCUT2D eigenvalue weighted by Gasteiger charge is 2.31. The Balaban J connectivity index is 1.97. The van der Waals surface area contributed by atoms with Gasteiger partial charge in [-0.05, 0) is 42.3 Å². The van der Waals surface area contributed by atoms with Crippen LogP contribution in [0.1, 0.15) is 18.9 Å². The van der Waals surface area contributed by atoms with E-state index in [4.69, 9.17) is 34.8 Å². The second-order valence-electron chi connectivity index (χ2n) is 6.54. The fraction of sp³-hybridized carbons (Fsp3) is 0.350. The molecule has 0 saturated carbocycles. The van der Waals surface area contributed by atoms with Gasteiger partial charge >= 0.3 is 0 Å². The van der Waals surface area contributed by atoms with Crippen LogP contribution in [0.3, 0.4) is 0 Å². The van der Waals surface area contributed by atoms with Gasteiger partial charge in [0.15, 0.2) is 0 Å². The summed E-state index contributed by atoms with van der Waals surface area (Å²) in [4.78, 5) is 12.8. The Morgan fingerprint density at radius 1 is 1.13 bits per heavy atom. The molecule has 0 spiro atoms. The molecule has 1 atom stereocenters. The van der Waals surface area contributed by atoms with E-state index in [-0.39, 0.29) is 5.91 Å². The molecule has 0 unspecified atom stereocenters. The third kappa shape index (κ3) is 7.24. The van der Waals surface area contributed by atoms with Gasteiger partial charge in [-0.25, -0.2) is 8.42 Å². The van der Waals surface area contributed by atoms with Crippen molar-refractivity contribution in [2.45, 2.75) is 25.1 Å². The van der Waals surface area contributed by atoms with Crippen LogP contribution in [0, 0.1) is 0 Å². The molecule has 1 N–H and O–H groups in total. The first kappa shape index (κ1) is 25.1. The number of rotatable bonds is 10. The normalized spacial score (nSPS) is 12.4. The molecule has 0 bridgehead atoms. The van der Waals surface area contributed by atoms with E-state index < -0.39 is 16.1 Å². The Kier molecular flexibility index (Phi) is 9.63. The predicted molar refractivity (Wildman–Crippen MR) is 128 cm³/mol. The number of halogens is 3. The zero-order valence-electron chi connectivity index (χ0n) is 16.6. The van der Waals surface area contributed by atoms with E-state index in [1.807, 2.05) is 6.07 Å². The van der Waals surface area contributed by atoms with Crippen LogP contribution in [0.5, 0.6) is 0 Å². The topological polar surface area (TPSA) is 66.5 Å². The Bertz CT molecular complexity index is 987. The molecule has 0 fully saturated rings. The van der Waals surface area contributed by atoms with E-state index in [2.05, 4.69) is 5.32 Å². The van der Waals surface area contributed by atoms with E-state index in [0.717, 1.165) is 16.1 Å². The van der Waals surface area contributed by atoms with E-state index >= 15 is 0 Å². The highest BCUT2D eigenvalue weighted by atomic mass is 35.5. The second kappa shape index (κ2) is 11.5. The average molecular weight is 510 g/mol. The number of nitrogens with zero attached hydrogens (tertiary/aromatic N) is 1. The van der Waals surface area contributed by atoms with Gasteiger partial charge in [-0.3, -0.25) is 9.10 Å². The van der Waals surface area contributed by atoms with Crippen LogP contribution in [0.25, 0.3) is 0 Å². The summed E-state index contributed by atoms with van der Waals surface area (Å²) in [6.07, 6.45) is 1.40. The molecule has 0 aromatic heterocycles. The number of benzene rings is 2. The van der Waals surface area contributed by atoms with Crippen LogP contribution >= 0.6 is 46.6 Å². The predicted octanol–water partition coefficient (Wildman–Crippen LogP) is 5.24. The number of hydrogen-bond donors (Lipinski definition) is 1. The molecule has 0 aliphatic heterocycles. The van der Waals surface area contributed by atoms with Crippen molar-refractivity contribution in [2.24, 2.45) is 0 Å². The summed E-state index contributed by atoms with van der Waals surface area (Å²) in [6.45, 7) is 2.17. The van der Waals surface area contributed by atoms with Crippen molar-refractivity contribution in [3.05, 3.63) is 63.1 Å². The Hall–Kier alpha value is -1.12. The van der Waals surface area contributed by atoms with Crippen molar-refractivity contribution in [3.63, 3.8) is 0 Å². The van der Waals surface area contributed by atoms with Crippen molar-refractivity contribution in [1.82, 2.24) is 5.32 Å². The standard InChI is InChI=1S/C20H23Cl3N2O3S2/c1-3-19(25(30(2,27)28)17-6-4-5-15(21)11-17)20(26)24-9-10-29-13-14-7-8-16(22)12-18(14)23/h4-8,11-12,19H,3,9-10,13H2,1-2H3,(H,24,26)/t19-/m0/s1. The minimum Gasteiger partial charge on any atom is -0.353 e. The molecule has 2 aromatic carbocycles. The smallest absolute Gasteiger partial charge is 0.243 e. The Morgan fingerprint density at radius 3 is 2.43 bits per heavy atom. The first-order valence-electron chi connectivity index (χ1n) is 9.17. The summed E-state index contributed by atoms with van der Waals surface area (Å²) in [6, 6.07) is 10.9. The Labute approximate surface area is 197 Å². The lowest BCUT2D eigenvalue weighted by Crippen LogP contribution is -2.49. The summed E-state index contributed by atoms with van der Waals surface area (Å²) >= 11 is 19.7. The van der Waals surface area contributed by atoms with Gasteiger partial charge in [-0.15, -0.1) is 0 Å². The van der Waals surface area contributed by atoms with E-state index in [9.17, 15) is 13.2 Å². The Morgan fingerprint density at radius 2 is 1.83 bits per heavy atom. The second-order valence-corrected chi connectivity index (χ2v) is 10.8. The lowest BCUT2D eigenvalue weighted by Gasteiger charge is -2.30. The fourth-order valence-electron chi connectivity index (χ4n) is 2.86. The molecule has 5 nitrogen and oxygen atoms in total. The minimum atomic E-state index is -3.69. The summed E-state index contributed by atoms with van der Waals surface area (Å²) in [5, 5.41) is 4.42. The van der Waals surface area contributed by atoms with Crippen molar-refractivity contribution < 1.29 is 13.2 Å². The molecule has 2 aromatic rings. The molecule has 1 amide bonds. The summed E-state index contributed by atoms with van der Waals surface area (Å²) < 4.78 is 25.9. The number of hydrogen-bond acceptors (Lipinski definition) is 4. The number of thioether (sulfide) groups is 1. The van der Waals surface area contributed by atoms with E-state index in [1.165, 1.54) is 6.07 Å². The van der Waals surface area contributed by atoms with Crippen LogP contribution in [0.4, 0.5) is 5.69 Å². The van der Waals surface area contributed by atoms with Crippen molar-refractivity contribution in [1.29, 1.82) is 0 Å². The summed E-state index contributed by atoms with van der Waals surface area (Å²) in [5.74, 6) is 0.978. The largest absolute Gasteiger partial charge is 0.353 e. The highest BCUT2D eigenvalue weighted by Crippen LogP contribution is 2.26. The van der Waals surface area contributed by atoms with E-state index in [1.54, 1.807) is 49.0 Å². The maximum absolute atomic E-state index is 12.8. The molecule has 30 heavy (non-hydrogen) atoms. The highest BCUT2D eigenvalue weighted by molar-refractivity contribution is 7.98. The van der Waals surface area contributed by atoms with Gasteiger partial charge < -0.3 is 5.32 Å². The van der Waals surface area contributed by atoms with Crippen LogP contribution in [0.15, 0.2) is 42.5 Å². The first-order valence-corrected chi connectivity index (χ1v) is 13.3. The van der Waals surface area contributed by atoms with Gasteiger partial charge in [0.2, 0.25) is 15.9 Å². The maximum atomic E-state index is 12.8. The third-order valence-electron chi connectivity index (χ3n) is 4.21. The number of carbonyl (C=O) groups excluding carboxylic acids is 1. The quantitative estimate of drug-likeness (QED) is 0.445. The summed E-state index contributed by atoms with van der Waals surface area (Å²) in [5.41, 5.74) is 1.33. The lowest BCUT2D eigenvalue weighted by molar-refractivity contribution is -0.122. The van der Waals surface area contributed by atoms with Crippen LogP contribution in [-0.4, -0.2) is 38.9 Å². The van der Waals surface area contributed by atoms with Crippen molar-refractivity contribution >= 4 is 68.2 Å². The monoisotopic (exact) mass is 508 g/mol. The lowest BCUT2D eigenvalue weighted by atomic mass is 10.2. The molecule has 0 saturated heterocycles. The fourth-order valence-corrected chi connectivity index (χ4v) is 5.66. The average Bonchev–Trinajstić information content (AvgIpc) is 2.66. The maximum Gasteiger partial charge on any atom is 0.243 e. The minimum absolute atomic E-state index is 0.318. The molecule has 10 heteroatoms. The zero-order chi connectivity index (χ0) is 22.3. The molecule has 164 valence electrons. The zero-order valence-corrected chi connectivity index (χ0v) is 20.5.